The quantitative estimate of drug-likeness (QED) is 0.420. The summed E-state index contributed by atoms with van der Waals surface area (Å²) in [6, 6.07) is -0.817. The third-order valence-electron chi connectivity index (χ3n) is 1.88. The largest absolute Gasteiger partial charge is 0.480 e. The molecule has 4 N–H and O–H groups in total. The van der Waals surface area contributed by atoms with E-state index in [1.54, 1.807) is 0 Å². The highest BCUT2D eigenvalue weighted by molar-refractivity contribution is 7.52. The summed E-state index contributed by atoms with van der Waals surface area (Å²) in [7, 11) is -4.12. The van der Waals surface area contributed by atoms with Gasteiger partial charge in [-0.05, 0) is 6.42 Å². The van der Waals surface area contributed by atoms with Gasteiger partial charge in [0.05, 0.1) is 5.66 Å². The molecule has 12 heavy (non-hydrogen) atoms. The summed E-state index contributed by atoms with van der Waals surface area (Å²) in [5.41, 5.74) is -0.849. The lowest BCUT2D eigenvalue weighted by molar-refractivity contribution is -0.139. The third-order valence-corrected chi connectivity index (χ3v) is 3.23. The van der Waals surface area contributed by atoms with E-state index < -0.39 is 25.3 Å². The Balaban J connectivity index is 2.57. The Kier molecular flexibility index (Phi) is 2.53. The normalized spacial score (nSPS) is 30.5. The lowest BCUT2D eigenvalue weighted by Crippen LogP contribution is -2.29. The molecule has 1 heterocycles. The van der Waals surface area contributed by atoms with Gasteiger partial charge in [-0.25, -0.2) is 0 Å². The summed E-state index contributed by atoms with van der Waals surface area (Å²) in [6.45, 7) is 0.0707. The van der Waals surface area contributed by atoms with E-state index in [0.717, 1.165) is 0 Å². The summed E-state index contributed by atoms with van der Waals surface area (Å²) in [6.07, 6.45) is -0.000386. The molecule has 0 aromatic carbocycles. The van der Waals surface area contributed by atoms with Crippen molar-refractivity contribution in [1.29, 1.82) is 0 Å². The Morgan fingerprint density at radius 2 is 2.08 bits per heavy atom. The van der Waals surface area contributed by atoms with Crippen LogP contribution >= 0.6 is 7.60 Å². The lowest BCUT2D eigenvalue weighted by atomic mass is 10.2. The molecule has 1 aliphatic rings. The van der Waals surface area contributed by atoms with Crippen LogP contribution in [0.25, 0.3) is 0 Å². The lowest BCUT2D eigenvalue weighted by Gasteiger charge is -2.09. The van der Waals surface area contributed by atoms with Crippen LogP contribution in [0.3, 0.4) is 0 Å². The number of rotatable bonds is 2. The van der Waals surface area contributed by atoms with E-state index in [0.29, 0.717) is 0 Å². The first-order chi connectivity index (χ1) is 5.41. The predicted octanol–water partition coefficient (Wildman–Crippen LogP) is -1.02. The van der Waals surface area contributed by atoms with E-state index in [9.17, 15) is 9.36 Å². The van der Waals surface area contributed by atoms with E-state index in [4.69, 9.17) is 14.9 Å². The number of carboxylic acid groups (broad SMARTS) is 1. The summed E-state index contributed by atoms with van der Waals surface area (Å²) in [5, 5.41) is 11.0. The van der Waals surface area contributed by atoms with Gasteiger partial charge in [0.2, 0.25) is 0 Å². The van der Waals surface area contributed by atoms with Crippen molar-refractivity contribution in [2.45, 2.75) is 18.1 Å². The van der Waals surface area contributed by atoms with Crippen LogP contribution in [0.5, 0.6) is 0 Å². The molecule has 7 heteroatoms. The van der Waals surface area contributed by atoms with Crippen molar-refractivity contribution in [2.75, 3.05) is 6.54 Å². The second kappa shape index (κ2) is 3.14. The van der Waals surface area contributed by atoms with Gasteiger partial charge < -0.3 is 20.2 Å². The second-order valence-corrected chi connectivity index (χ2v) is 4.69. The number of nitrogens with one attached hydrogen (secondary N) is 1. The molecule has 6 nitrogen and oxygen atoms in total. The van der Waals surface area contributed by atoms with Gasteiger partial charge >= 0.3 is 13.6 Å². The first-order valence-corrected chi connectivity index (χ1v) is 5.11. The van der Waals surface area contributed by atoms with Gasteiger partial charge in [0.1, 0.15) is 6.04 Å². The summed E-state index contributed by atoms with van der Waals surface area (Å²) >= 11 is 0. The van der Waals surface area contributed by atoms with Crippen molar-refractivity contribution >= 4 is 13.6 Å². The zero-order valence-electron chi connectivity index (χ0n) is 6.17. The molecule has 1 aliphatic heterocycles. The van der Waals surface area contributed by atoms with Crippen LogP contribution in [0.2, 0.25) is 0 Å². The average Bonchev–Trinajstić information content (AvgIpc) is 2.30. The molecular formula is C5H10NO5P. The van der Waals surface area contributed by atoms with Crippen LogP contribution in [0.1, 0.15) is 6.42 Å². The molecule has 0 saturated carbocycles. The monoisotopic (exact) mass is 195 g/mol. The molecule has 1 fully saturated rings. The van der Waals surface area contributed by atoms with Crippen LogP contribution in [-0.4, -0.2) is 39.1 Å². The van der Waals surface area contributed by atoms with Gasteiger partial charge in [0.25, 0.3) is 0 Å². The maximum atomic E-state index is 10.7. The number of hydrogen-bond donors (Lipinski definition) is 4. The van der Waals surface area contributed by atoms with Crippen molar-refractivity contribution in [2.24, 2.45) is 0 Å². The van der Waals surface area contributed by atoms with Gasteiger partial charge in [-0.2, -0.15) is 0 Å². The fraction of sp³-hybridized carbons (Fsp3) is 0.800. The highest BCUT2D eigenvalue weighted by atomic mass is 31.2. The molecule has 0 amide bonds. The standard InChI is InChI=1S/C5H10NO5P/c7-5(8)4-1-3(2-6-4)12(9,10)11/h3-4,6H,1-2H2,(H,7,8)(H2,9,10,11). The van der Waals surface area contributed by atoms with Gasteiger partial charge in [-0.1, -0.05) is 0 Å². The molecule has 1 rings (SSSR count). The third kappa shape index (κ3) is 2.04. The highest BCUT2D eigenvalue weighted by Crippen LogP contribution is 2.44. The predicted molar refractivity (Wildman–Crippen MR) is 39.9 cm³/mol. The summed E-state index contributed by atoms with van der Waals surface area (Å²) < 4.78 is 10.7. The molecule has 0 aromatic rings. The van der Waals surface area contributed by atoms with Crippen LogP contribution in [0, 0.1) is 0 Å². The number of aliphatic carboxylic acids is 1. The molecule has 0 bridgehead atoms. The molecule has 0 spiro atoms. The average molecular weight is 195 g/mol. The molecule has 0 aliphatic carbocycles. The summed E-state index contributed by atoms with van der Waals surface area (Å²) in [4.78, 5) is 27.7. The molecular weight excluding hydrogens is 185 g/mol. The van der Waals surface area contributed by atoms with Gasteiger partial charge in [-0.3, -0.25) is 9.36 Å². The molecule has 0 radical (unpaired) electrons. The molecule has 2 atom stereocenters. The Bertz CT molecular complexity index is 236. The zero-order valence-corrected chi connectivity index (χ0v) is 7.07. The van der Waals surface area contributed by atoms with Crippen LogP contribution in [-0.2, 0) is 9.36 Å². The van der Waals surface area contributed by atoms with E-state index in [1.807, 2.05) is 0 Å². The fourth-order valence-corrected chi connectivity index (χ4v) is 1.99. The Morgan fingerprint density at radius 1 is 1.50 bits per heavy atom. The van der Waals surface area contributed by atoms with Crippen LogP contribution in [0.15, 0.2) is 0 Å². The van der Waals surface area contributed by atoms with Gasteiger partial charge in [0, 0.05) is 6.54 Å². The van der Waals surface area contributed by atoms with Crippen molar-refractivity contribution in [3.05, 3.63) is 0 Å². The minimum atomic E-state index is -4.12. The maximum Gasteiger partial charge on any atom is 0.329 e. The van der Waals surface area contributed by atoms with E-state index >= 15 is 0 Å². The molecule has 70 valence electrons. The van der Waals surface area contributed by atoms with Gasteiger partial charge in [0.15, 0.2) is 0 Å². The molecule has 0 aromatic heterocycles. The fourth-order valence-electron chi connectivity index (χ4n) is 1.16. The summed E-state index contributed by atoms with van der Waals surface area (Å²) in [5.74, 6) is -1.06. The Hall–Kier alpha value is -0.420. The van der Waals surface area contributed by atoms with E-state index in [2.05, 4.69) is 5.32 Å². The van der Waals surface area contributed by atoms with Crippen molar-refractivity contribution in [3.8, 4) is 0 Å². The smallest absolute Gasteiger partial charge is 0.329 e. The van der Waals surface area contributed by atoms with E-state index in [-0.39, 0.29) is 13.0 Å². The number of hydrogen-bond acceptors (Lipinski definition) is 3. The first kappa shape index (κ1) is 9.67. The second-order valence-electron chi connectivity index (χ2n) is 2.78. The first-order valence-electron chi connectivity index (χ1n) is 3.42. The SMILES string of the molecule is O=C(O)C1CC(P(=O)(O)O)CN1. The minimum absolute atomic E-state index is 0.000386. The Morgan fingerprint density at radius 3 is 2.33 bits per heavy atom. The highest BCUT2D eigenvalue weighted by Gasteiger charge is 2.38. The Labute approximate surface area is 68.8 Å². The maximum absolute atomic E-state index is 10.7. The molecule has 2 unspecified atom stereocenters. The van der Waals surface area contributed by atoms with Gasteiger partial charge in [-0.15, -0.1) is 0 Å². The number of carbonyl (C=O) groups is 1. The van der Waals surface area contributed by atoms with Crippen molar-refractivity contribution < 1.29 is 24.3 Å². The van der Waals surface area contributed by atoms with E-state index in [1.165, 1.54) is 0 Å². The molecule has 1 saturated heterocycles. The van der Waals surface area contributed by atoms with Crippen molar-refractivity contribution in [1.82, 2.24) is 5.32 Å². The van der Waals surface area contributed by atoms with Crippen molar-refractivity contribution in [3.63, 3.8) is 0 Å². The minimum Gasteiger partial charge on any atom is -0.480 e. The van der Waals surface area contributed by atoms with Crippen LogP contribution in [0.4, 0.5) is 0 Å². The number of carboxylic acids is 1. The zero-order chi connectivity index (χ0) is 9.35. The van der Waals surface area contributed by atoms with Crippen LogP contribution < -0.4 is 5.32 Å². The topological polar surface area (TPSA) is 107 Å².